The molecule has 0 aliphatic carbocycles. The van der Waals surface area contributed by atoms with E-state index in [0.717, 1.165) is 5.56 Å². The van der Waals surface area contributed by atoms with E-state index >= 15 is 0 Å². The average Bonchev–Trinajstić information content (AvgIpc) is 2.27. The Morgan fingerprint density at radius 1 is 1.53 bits per heavy atom. The topological polar surface area (TPSA) is 48.4 Å². The molecule has 0 saturated carbocycles. The molecule has 4 heteroatoms. The summed E-state index contributed by atoms with van der Waals surface area (Å²) in [5.41, 5.74) is 0.823. The first-order valence-electron chi connectivity index (χ1n) is 4.61. The number of hydrogen-bond donors (Lipinski definition) is 0. The molecule has 0 amide bonds. The van der Waals surface area contributed by atoms with Gasteiger partial charge in [0.2, 0.25) is 5.88 Å². The van der Waals surface area contributed by atoms with Gasteiger partial charge >= 0.3 is 5.97 Å². The minimum Gasteiger partial charge on any atom is -0.481 e. The van der Waals surface area contributed by atoms with Crippen molar-refractivity contribution in [2.45, 2.75) is 6.92 Å². The molecule has 0 spiro atoms. The summed E-state index contributed by atoms with van der Waals surface area (Å²) < 4.78 is 9.64. The van der Waals surface area contributed by atoms with Crippen LogP contribution in [0.3, 0.4) is 0 Å². The van der Waals surface area contributed by atoms with Crippen LogP contribution in [0.4, 0.5) is 0 Å². The maximum absolute atomic E-state index is 11.0. The molecule has 1 heterocycles. The van der Waals surface area contributed by atoms with Crippen LogP contribution < -0.4 is 4.74 Å². The van der Waals surface area contributed by atoms with Crippen molar-refractivity contribution in [2.24, 2.45) is 0 Å². The summed E-state index contributed by atoms with van der Waals surface area (Å²) in [4.78, 5) is 15.0. The van der Waals surface area contributed by atoms with Gasteiger partial charge in [-0.05, 0) is 24.6 Å². The molecule has 80 valence electrons. The fraction of sp³-hybridized carbons (Fsp3) is 0.273. The van der Waals surface area contributed by atoms with E-state index in [9.17, 15) is 4.79 Å². The van der Waals surface area contributed by atoms with E-state index in [0.29, 0.717) is 12.5 Å². The number of carbonyl (C=O) groups excluding carboxylic acids is 1. The fourth-order valence-corrected chi connectivity index (χ4v) is 0.966. The number of nitrogens with zero attached hydrogens (tertiary/aromatic N) is 1. The molecule has 0 aliphatic heterocycles. The maximum Gasteiger partial charge on any atom is 0.330 e. The third kappa shape index (κ3) is 3.81. The molecule has 4 nitrogen and oxygen atoms in total. The Morgan fingerprint density at radius 2 is 2.33 bits per heavy atom. The minimum atomic E-state index is -0.353. The molecule has 0 aromatic carbocycles. The number of aromatic nitrogens is 1. The second kappa shape index (κ2) is 5.80. The molecule has 1 rings (SSSR count). The lowest BCUT2D eigenvalue weighted by Gasteiger charge is -1.98. The normalized spacial score (nSPS) is 10.3. The molecule has 0 radical (unpaired) electrons. The van der Waals surface area contributed by atoms with E-state index < -0.39 is 0 Å². The maximum atomic E-state index is 11.0. The molecule has 0 saturated heterocycles. The second-order valence-corrected chi connectivity index (χ2v) is 2.72. The Labute approximate surface area is 88.5 Å². The summed E-state index contributed by atoms with van der Waals surface area (Å²) in [5, 5.41) is 0. The molecule has 0 aliphatic rings. The van der Waals surface area contributed by atoms with E-state index in [2.05, 4.69) is 4.98 Å². The highest BCUT2D eigenvalue weighted by molar-refractivity contribution is 5.86. The van der Waals surface area contributed by atoms with E-state index in [4.69, 9.17) is 9.47 Å². The molecule has 0 bridgehead atoms. The van der Waals surface area contributed by atoms with Gasteiger partial charge in [-0.1, -0.05) is 0 Å². The summed E-state index contributed by atoms with van der Waals surface area (Å²) in [6.45, 7) is 2.14. The van der Waals surface area contributed by atoms with Crippen molar-refractivity contribution in [2.75, 3.05) is 13.7 Å². The van der Waals surface area contributed by atoms with E-state index in [1.807, 2.05) is 6.07 Å². The smallest absolute Gasteiger partial charge is 0.330 e. The summed E-state index contributed by atoms with van der Waals surface area (Å²) in [7, 11) is 1.55. The van der Waals surface area contributed by atoms with Gasteiger partial charge in [-0.15, -0.1) is 0 Å². The van der Waals surface area contributed by atoms with Gasteiger partial charge < -0.3 is 9.47 Å². The number of methoxy groups -OCH3 is 1. The lowest BCUT2D eigenvalue weighted by atomic mass is 10.2. The number of ether oxygens (including phenoxy) is 2. The van der Waals surface area contributed by atoms with Crippen molar-refractivity contribution in [1.82, 2.24) is 4.98 Å². The number of carbonyl (C=O) groups is 1. The average molecular weight is 207 g/mol. The zero-order valence-electron chi connectivity index (χ0n) is 8.77. The second-order valence-electron chi connectivity index (χ2n) is 2.72. The first kappa shape index (κ1) is 11.2. The SMILES string of the molecule is CCOC(=O)/C=C\c1ccc(OC)nc1. The molecule has 0 fully saturated rings. The van der Waals surface area contributed by atoms with E-state index in [1.165, 1.54) is 6.08 Å². The molecule has 1 aromatic rings. The molecule has 15 heavy (non-hydrogen) atoms. The molecular weight excluding hydrogens is 194 g/mol. The van der Waals surface area contributed by atoms with Crippen LogP contribution in [0.5, 0.6) is 5.88 Å². The van der Waals surface area contributed by atoms with Crippen LogP contribution >= 0.6 is 0 Å². The summed E-state index contributed by atoms with van der Waals surface area (Å²) >= 11 is 0. The molecular formula is C11H13NO3. The van der Waals surface area contributed by atoms with Crippen LogP contribution in [0.25, 0.3) is 6.08 Å². The minimum absolute atomic E-state index is 0.353. The van der Waals surface area contributed by atoms with Gasteiger partial charge in [0.15, 0.2) is 0 Å². The van der Waals surface area contributed by atoms with Crippen LogP contribution in [0.2, 0.25) is 0 Å². The Bertz CT molecular complexity index is 343. The summed E-state index contributed by atoms with van der Waals surface area (Å²) in [6, 6.07) is 3.53. The van der Waals surface area contributed by atoms with E-state index in [-0.39, 0.29) is 5.97 Å². The van der Waals surface area contributed by atoms with Crippen molar-refractivity contribution in [3.63, 3.8) is 0 Å². The van der Waals surface area contributed by atoms with Crippen molar-refractivity contribution in [3.8, 4) is 5.88 Å². The highest BCUT2D eigenvalue weighted by Gasteiger charge is 1.95. The Kier molecular flexibility index (Phi) is 4.34. The van der Waals surface area contributed by atoms with Crippen LogP contribution in [-0.2, 0) is 9.53 Å². The Morgan fingerprint density at radius 3 is 2.87 bits per heavy atom. The van der Waals surface area contributed by atoms with Crippen LogP contribution in [-0.4, -0.2) is 24.7 Å². The third-order valence-electron chi connectivity index (χ3n) is 1.67. The quantitative estimate of drug-likeness (QED) is 0.556. The predicted molar refractivity (Wildman–Crippen MR) is 56.5 cm³/mol. The number of esters is 1. The van der Waals surface area contributed by atoms with Gasteiger partial charge in [-0.25, -0.2) is 9.78 Å². The molecule has 0 N–H and O–H groups in total. The highest BCUT2D eigenvalue weighted by Crippen LogP contribution is 2.07. The third-order valence-corrected chi connectivity index (χ3v) is 1.67. The summed E-state index contributed by atoms with van der Waals surface area (Å²) in [6.07, 6.45) is 4.63. The van der Waals surface area contributed by atoms with Gasteiger partial charge in [0.1, 0.15) is 0 Å². The number of pyridine rings is 1. The Balaban J connectivity index is 2.60. The molecule has 1 aromatic heterocycles. The van der Waals surface area contributed by atoms with Gasteiger partial charge in [-0.3, -0.25) is 0 Å². The van der Waals surface area contributed by atoms with Crippen LogP contribution in [0.1, 0.15) is 12.5 Å². The van der Waals surface area contributed by atoms with Gasteiger partial charge in [-0.2, -0.15) is 0 Å². The van der Waals surface area contributed by atoms with Crippen LogP contribution in [0, 0.1) is 0 Å². The number of hydrogen-bond acceptors (Lipinski definition) is 4. The van der Waals surface area contributed by atoms with Crippen molar-refractivity contribution in [3.05, 3.63) is 30.0 Å². The first-order valence-corrected chi connectivity index (χ1v) is 4.61. The molecule has 0 atom stereocenters. The zero-order chi connectivity index (χ0) is 11.1. The predicted octanol–water partition coefficient (Wildman–Crippen LogP) is 1.67. The van der Waals surface area contributed by atoms with Gasteiger partial charge in [0.25, 0.3) is 0 Å². The lowest BCUT2D eigenvalue weighted by molar-refractivity contribution is -0.137. The van der Waals surface area contributed by atoms with Crippen molar-refractivity contribution < 1.29 is 14.3 Å². The van der Waals surface area contributed by atoms with Crippen molar-refractivity contribution >= 4 is 12.0 Å². The highest BCUT2D eigenvalue weighted by atomic mass is 16.5. The fourth-order valence-electron chi connectivity index (χ4n) is 0.966. The monoisotopic (exact) mass is 207 g/mol. The first-order chi connectivity index (χ1) is 7.26. The molecule has 0 unspecified atom stereocenters. The number of rotatable bonds is 4. The van der Waals surface area contributed by atoms with Gasteiger partial charge in [0, 0.05) is 18.3 Å². The largest absolute Gasteiger partial charge is 0.481 e. The summed E-state index contributed by atoms with van der Waals surface area (Å²) in [5.74, 6) is 0.191. The lowest BCUT2D eigenvalue weighted by Crippen LogP contribution is -1.98. The Hall–Kier alpha value is -1.84. The van der Waals surface area contributed by atoms with E-state index in [1.54, 1.807) is 32.4 Å². The van der Waals surface area contributed by atoms with Gasteiger partial charge in [0.05, 0.1) is 13.7 Å². The van der Waals surface area contributed by atoms with Crippen LogP contribution in [0.15, 0.2) is 24.4 Å². The van der Waals surface area contributed by atoms with Crippen molar-refractivity contribution in [1.29, 1.82) is 0 Å². The zero-order valence-corrected chi connectivity index (χ0v) is 8.77. The standard InChI is InChI=1S/C11H13NO3/c1-3-15-11(13)7-5-9-4-6-10(14-2)12-8-9/h4-8H,3H2,1-2H3/b7-5-.